The summed E-state index contributed by atoms with van der Waals surface area (Å²) < 4.78 is 65.7. The molecule has 26 heavy (non-hydrogen) atoms. The minimum absolute atomic E-state index is 0.371. The highest BCUT2D eigenvalue weighted by atomic mass is 32.2. The lowest BCUT2D eigenvalue weighted by atomic mass is 9.86. The molecule has 0 N–H and O–H groups in total. The van der Waals surface area contributed by atoms with Crippen LogP contribution in [0, 0.1) is 5.92 Å². The Morgan fingerprint density at radius 2 is 1.69 bits per heavy atom. The lowest BCUT2D eigenvalue weighted by Crippen LogP contribution is -2.34. The number of ether oxygens (including phenoxy) is 1. The Morgan fingerprint density at radius 3 is 2.19 bits per heavy atom. The molecule has 2 rings (SSSR count). The van der Waals surface area contributed by atoms with E-state index in [0.29, 0.717) is 6.10 Å². The summed E-state index contributed by atoms with van der Waals surface area (Å²) in [6.45, 7) is 1.18. The molecule has 0 heterocycles. The highest BCUT2D eigenvalue weighted by Crippen LogP contribution is 2.27. The Kier molecular flexibility index (Phi) is 8.85. The van der Waals surface area contributed by atoms with Crippen LogP contribution in [0.25, 0.3) is 0 Å². The van der Waals surface area contributed by atoms with Crippen LogP contribution in [0.4, 0.5) is 13.2 Å². The zero-order valence-electron chi connectivity index (χ0n) is 15.2. The van der Waals surface area contributed by atoms with E-state index in [0.717, 1.165) is 18.1 Å². The molecule has 2 unspecified atom stereocenters. The molecule has 0 radical (unpaired) electrons. The van der Waals surface area contributed by atoms with Crippen molar-refractivity contribution in [2.45, 2.75) is 37.3 Å². The summed E-state index contributed by atoms with van der Waals surface area (Å²) in [6.07, 6.45) is 5.85. The SMILES string of the molecule is COC1CCCCC1CN(C)C.O=S(=O)(Oc1ccccc1)C(F)(F)F. The fraction of sp³-hybridized carbons (Fsp3) is 0.647. The molecule has 0 bridgehead atoms. The van der Waals surface area contributed by atoms with Crippen molar-refractivity contribution in [1.82, 2.24) is 4.90 Å². The van der Waals surface area contributed by atoms with Gasteiger partial charge in [0.25, 0.3) is 0 Å². The molecule has 0 aromatic heterocycles. The molecule has 1 aliphatic carbocycles. The molecule has 150 valence electrons. The van der Waals surface area contributed by atoms with E-state index in [9.17, 15) is 21.6 Å². The van der Waals surface area contributed by atoms with Crippen LogP contribution >= 0.6 is 0 Å². The van der Waals surface area contributed by atoms with Gasteiger partial charge in [-0.3, -0.25) is 0 Å². The molecule has 5 nitrogen and oxygen atoms in total. The summed E-state index contributed by atoms with van der Waals surface area (Å²) in [5.74, 6) is 0.392. The molecule has 1 fully saturated rings. The van der Waals surface area contributed by atoms with Crippen molar-refractivity contribution >= 4 is 10.1 Å². The van der Waals surface area contributed by atoms with Crippen LogP contribution in [0.2, 0.25) is 0 Å². The van der Waals surface area contributed by atoms with Crippen molar-refractivity contribution < 1.29 is 30.5 Å². The number of hydrogen-bond acceptors (Lipinski definition) is 5. The molecule has 0 aliphatic heterocycles. The van der Waals surface area contributed by atoms with E-state index in [-0.39, 0.29) is 5.75 Å². The smallest absolute Gasteiger partial charge is 0.381 e. The van der Waals surface area contributed by atoms with Crippen LogP contribution in [-0.4, -0.2) is 52.7 Å². The molecule has 0 spiro atoms. The van der Waals surface area contributed by atoms with E-state index in [1.807, 2.05) is 7.11 Å². The Hall–Kier alpha value is -1.32. The second-order valence-electron chi connectivity index (χ2n) is 6.38. The minimum Gasteiger partial charge on any atom is -0.381 e. The maximum absolute atomic E-state index is 11.8. The molecule has 1 saturated carbocycles. The first kappa shape index (κ1) is 22.7. The molecule has 1 aliphatic rings. The average Bonchev–Trinajstić information content (AvgIpc) is 2.55. The van der Waals surface area contributed by atoms with Gasteiger partial charge in [0.1, 0.15) is 5.75 Å². The van der Waals surface area contributed by atoms with Gasteiger partial charge in [0.2, 0.25) is 0 Å². The highest BCUT2D eigenvalue weighted by Gasteiger charge is 2.48. The Morgan fingerprint density at radius 1 is 1.12 bits per heavy atom. The summed E-state index contributed by atoms with van der Waals surface area (Å²) in [4.78, 5) is 2.27. The number of alkyl halides is 3. The standard InChI is InChI=1S/C10H21NO.C7H5F3O3S/c1-11(2)8-9-6-4-5-7-10(9)12-3;8-7(9,10)14(11,12)13-6-4-2-1-3-5-6/h9-10H,4-8H2,1-3H3;1-5H. The van der Waals surface area contributed by atoms with Gasteiger partial charge in [-0.1, -0.05) is 31.0 Å². The van der Waals surface area contributed by atoms with Crippen molar-refractivity contribution in [2.24, 2.45) is 5.92 Å². The molecule has 1 aromatic rings. The van der Waals surface area contributed by atoms with Crippen molar-refractivity contribution in [2.75, 3.05) is 27.7 Å². The molecule has 1 aromatic carbocycles. The van der Waals surface area contributed by atoms with Gasteiger partial charge in [0.05, 0.1) is 6.10 Å². The minimum atomic E-state index is -5.55. The third kappa shape index (κ3) is 7.51. The lowest BCUT2D eigenvalue weighted by Gasteiger charge is -2.32. The van der Waals surface area contributed by atoms with Gasteiger partial charge in [-0.25, -0.2) is 0 Å². The number of benzene rings is 1. The Bertz CT molecular complexity index is 621. The van der Waals surface area contributed by atoms with Crippen LogP contribution in [0.15, 0.2) is 30.3 Å². The van der Waals surface area contributed by atoms with Gasteiger partial charge in [0, 0.05) is 13.7 Å². The van der Waals surface area contributed by atoms with Crippen LogP contribution < -0.4 is 4.18 Å². The monoisotopic (exact) mass is 397 g/mol. The zero-order valence-corrected chi connectivity index (χ0v) is 16.0. The summed E-state index contributed by atoms with van der Waals surface area (Å²) in [5.41, 5.74) is -5.40. The summed E-state index contributed by atoms with van der Waals surface area (Å²) in [6, 6.07) is 6.47. The van der Waals surface area contributed by atoms with Crippen LogP contribution in [0.1, 0.15) is 25.7 Å². The number of halogens is 3. The third-order valence-electron chi connectivity index (χ3n) is 3.97. The van der Waals surface area contributed by atoms with Gasteiger partial charge in [-0.05, 0) is 45.0 Å². The summed E-state index contributed by atoms with van der Waals surface area (Å²) in [5, 5.41) is 0. The van der Waals surface area contributed by atoms with Crippen LogP contribution in [-0.2, 0) is 14.9 Å². The van der Waals surface area contributed by atoms with Crippen molar-refractivity contribution in [3.8, 4) is 5.75 Å². The van der Waals surface area contributed by atoms with Gasteiger partial charge >= 0.3 is 15.6 Å². The second-order valence-corrected chi connectivity index (χ2v) is 7.92. The first-order chi connectivity index (χ1) is 12.1. The first-order valence-corrected chi connectivity index (χ1v) is 9.71. The van der Waals surface area contributed by atoms with Crippen molar-refractivity contribution in [3.05, 3.63) is 30.3 Å². The van der Waals surface area contributed by atoms with Gasteiger partial charge in [0.15, 0.2) is 0 Å². The fourth-order valence-electron chi connectivity index (χ4n) is 2.81. The second kappa shape index (κ2) is 10.1. The van der Waals surface area contributed by atoms with E-state index in [1.165, 1.54) is 50.4 Å². The normalized spacial score (nSPS) is 21.0. The molecule has 9 heteroatoms. The van der Waals surface area contributed by atoms with E-state index >= 15 is 0 Å². The number of nitrogens with zero attached hydrogens (tertiary/aromatic N) is 1. The predicted octanol–water partition coefficient (Wildman–Crippen LogP) is 3.67. The van der Waals surface area contributed by atoms with Gasteiger partial charge in [-0.2, -0.15) is 21.6 Å². The number of para-hydroxylation sites is 1. The molecule has 0 saturated heterocycles. The van der Waals surface area contributed by atoms with Crippen LogP contribution in [0.5, 0.6) is 5.75 Å². The Labute approximate surface area is 153 Å². The number of hydrogen-bond donors (Lipinski definition) is 0. The van der Waals surface area contributed by atoms with E-state index in [1.54, 1.807) is 0 Å². The predicted molar refractivity (Wildman–Crippen MR) is 93.4 cm³/mol. The van der Waals surface area contributed by atoms with E-state index in [4.69, 9.17) is 4.74 Å². The number of rotatable bonds is 5. The highest BCUT2D eigenvalue weighted by molar-refractivity contribution is 7.87. The largest absolute Gasteiger partial charge is 0.534 e. The number of methoxy groups -OCH3 is 1. The molecular weight excluding hydrogens is 371 g/mol. The zero-order chi connectivity index (χ0) is 19.8. The van der Waals surface area contributed by atoms with Crippen molar-refractivity contribution in [1.29, 1.82) is 0 Å². The molecular formula is C17H26F3NO4S. The quantitative estimate of drug-likeness (QED) is 0.561. The fourth-order valence-corrected chi connectivity index (χ4v) is 3.27. The first-order valence-electron chi connectivity index (χ1n) is 8.30. The molecule has 0 amide bonds. The average molecular weight is 397 g/mol. The van der Waals surface area contributed by atoms with Crippen molar-refractivity contribution in [3.63, 3.8) is 0 Å². The third-order valence-corrected chi connectivity index (χ3v) is 4.95. The van der Waals surface area contributed by atoms with Crippen LogP contribution in [0.3, 0.4) is 0 Å². The maximum Gasteiger partial charge on any atom is 0.534 e. The van der Waals surface area contributed by atoms with Gasteiger partial charge in [-0.15, -0.1) is 0 Å². The summed E-state index contributed by atoms with van der Waals surface area (Å²) in [7, 11) is 0.576. The van der Waals surface area contributed by atoms with Gasteiger partial charge < -0.3 is 13.8 Å². The molecule has 2 atom stereocenters. The topological polar surface area (TPSA) is 55.8 Å². The lowest BCUT2D eigenvalue weighted by molar-refractivity contribution is -0.0500. The Balaban J connectivity index is 0.000000263. The van der Waals surface area contributed by atoms with E-state index < -0.39 is 15.6 Å². The maximum atomic E-state index is 11.8. The van der Waals surface area contributed by atoms with E-state index in [2.05, 4.69) is 23.2 Å². The summed E-state index contributed by atoms with van der Waals surface area (Å²) >= 11 is 0.